The van der Waals surface area contributed by atoms with Crippen molar-refractivity contribution in [3.63, 3.8) is 0 Å². The molecule has 1 atom stereocenters. The number of nitrogens with zero attached hydrogens (tertiary/aromatic N) is 1. The minimum atomic E-state index is 0.0410. The normalized spacial score (nSPS) is 19.7. The lowest BCUT2D eigenvalue weighted by atomic mass is 10.2. The standard InChI is InChI=1S/C15H21ClN2O2S/c1-10(2)18-5-6-19-12(8-18)9-20-14-7-11(16)3-4-13(14)15(17)21/h3-4,7,10,12H,5-6,8-9H2,1-2H3,(H2,17,21). The topological polar surface area (TPSA) is 47.7 Å². The zero-order chi connectivity index (χ0) is 15.4. The SMILES string of the molecule is CC(C)N1CCOC(COc2cc(Cl)ccc2C(N)=S)C1. The molecule has 0 aromatic heterocycles. The van der Waals surface area contributed by atoms with Gasteiger partial charge in [0.05, 0.1) is 12.2 Å². The molecule has 1 aromatic carbocycles. The molecule has 1 heterocycles. The quantitative estimate of drug-likeness (QED) is 0.841. The number of rotatable bonds is 5. The van der Waals surface area contributed by atoms with Gasteiger partial charge in [0.2, 0.25) is 0 Å². The molecule has 0 spiro atoms. The summed E-state index contributed by atoms with van der Waals surface area (Å²) in [6.07, 6.45) is 0.0410. The highest BCUT2D eigenvalue weighted by molar-refractivity contribution is 7.80. The van der Waals surface area contributed by atoms with Crippen molar-refractivity contribution >= 4 is 28.8 Å². The summed E-state index contributed by atoms with van der Waals surface area (Å²) in [6, 6.07) is 5.77. The molecule has 1 aliphatic heterocycles. The van der Waals surface area contributed by atoms with Crippen LogP contribution in [0.25, 0.3) is 0 Å². The molecule has 0 radical (unpaired) electrons. The Morgan fingerprint density at radius 1 is 1.57 bits per heavy atom. The minimum absolute atomic E-state index is 0.0410. The summed E-state index contributed by atoms with van der Waals surface area (Å²) in [4.78, 5) is 2.68. The molecule has 1 unspecified atom stereocenters. The third kappa shape index (κ3) is 4.54. The van der Waals surface area contributed by atoms with Crippen LogP contribution in [0.15, 0.2) is 18.2 Å². The summed E-state index contributed by atoms with van der Waals surface area (Å²) in [6.45, 7) is 7.38. The molecule has 1 aromatic rings. The number of benzene rings is 1. The highest BCUT2D eigenvalue weighted by Crippen LogP contribution is 2.24. The first-order valence-corrected chi connectivity index (χ1v) is 7.84. The Balaban J connectivity index is 1.99. The first-order chi connectivity index (χ1) is 9.97. The van der Waals surface area contributed by atoms with E-state index < -0.39 is 0 Å². The average Bonchev–Trinajstić information content (AvgIpc) is 2.45. The third-order valence-electron chi connectivity index (χ3n) is 3.53. The Morgan fingerprint density at radius 2 is 2.33 bits per heavy atom. The predicted octanol–water partition coefficient (Wildman–Crippen LogP) is 2.46. The van der Waals surface area contributed by atoms with Crippen LogP contribution >= 0.6 is 23.8 Å². The molecule has 0 aliphatic carbocycles. The number of nitrogens with two attached hydrogens (primary N) is 1. The first-order valence-electron chi connectivity index (χ1n) is 7.05. The summed E-state index contributed by atoms with van der Waals surface area (Å²) >= 11 is 11.0. The highest BCUT2D eigenvalue weighted by Gasteiger charge is 2.23. The van der Waals surface area contributed by atoms with Crippen molar-refractivity contribution in [1.82, 2.24) is 4.90 Å². The molecule has 1 saturated heterocycles. The van der Waals surface area contributed by atoms with E-state index in [1.807, 2.05) is 0 Å². The molecule has 2 rings (SSSR count). The van der Waals surface area contributed by atoms with Crippen molar-refractivity contribution in [2.75, 3.05) is 26.3 Å². The number of hydrogen-bond acceptors (Lipinski definition) is 4. The van der Waals surface area contributed by atoms with E-state index in [-0.39, 0.29) is 6.10 Å². The van der Waals surface area contributed by atoms with Gasteiger partial charge in [-0.2, -0.15) is 0 Å². The number of hydrogen-bond donors (Lipinski definition) is 1. The highest BCUT2D eigenvalue weighted by atomic mass is 35.5. The molecule has 0 amide bonds. The molecule has 6 heteroatoms. The van der Waals surface area contributed by atoms with Gasteiger partial charge in [0, 0.05) is 24.2 Å². The van der Waals surface area contributed by atoms with Crippen molar-refractivity contribution < 1.29 is 9.47 Å². The Bertz CT molecular complexity index is 510. The van der Waals surface area contributed by atoms with Crippen molar-refractivity contribution in [3.05, 3.63) is 28.8 Å². The minimum Gasteiger partial charge on any atom is -0.490 e. The Kier molecular flexibility index (Phi) is 5.81. The van der Waals surface area contributed by atoms with Gasteiger partial charge in [-0.3, -0.25) is 4.90 Å². The average molecular weight is 329 g/mol. The fraction of sp³-hybridized carbons (Fsp3) is 0.533. The van der Waals surface area contributed by atoms with Crippen LogP contribution in [0.1, 0.15) is 19.4 Å². The monoisotopic (exact) mass is 328 g/mol. The van der Waals surface area contributed by atoms with E-state index in [9.17, 15) is 0 Å². The zero-order valence-electron chi connectivity index (χ0n) is 12.3. The molecule has 4 nitrogen and oxygen atoms in total. The van der Waals surface area contributed by atoms with Gasteiger partial charge in [-0.05, 0) is 32.0 Å². The van der Waals surface area contributed by atoms with Gasteiger partial charge < -0.3 is 15.2 Å². The van der Waals surface area contributed by atoms with Gasteiger partial charge in [0.1, 0.15) is 23.4 Å². The van der Waals surface area contributed by atoms with Gasteiger partial charge in [-0.25, -0.2) is 0 Å². The van der Waals surface area contributed by atoms with Crippen LogP contribution in [-0.2, 0) is 4.74 Å². The molecule has 116 valence electrons. The predicted molar refractivity (Wildman–Crippen MR) is 89.3 cm³/mol. The largest absolute Gasteiger partial charge is 0.490 e. The van der Waals surface area contributed by atoms with Gasteiger partial charge >= 0.3 is 0 Å². The summed E-state index contributed by atoms with van der Waals surface area (Å²) in [5, 5.41) is 0.596. The molecule has 21 heavy (non-hydrogen) atoms. The summed E-state index contributed by atoms with van der Waals surface area (Å²) in [7, 11) is 0. The second-order valence-electron chi connectivity index (χ2n) is 5.40. The second kappa shape index (κ2) is 7.40. The van der Waals surface area contributed by atoms with Crippen molar-refractivity contribution in [1.29, 1.82) is 0 Å². The van der Waals surface area contributed by atoms with Crippen LogP contribution < -0.4 is 10.5 Å². The lowest BCUT2D eigenvalue weighted by Crippen LogP contribution is -2.47. The summed E-state index contributed by atoms with van der Waals surface area (Å²) < 4.78 is 11.6. The maximum atomic E-state index is 6.00. The maximum absolute atomic E-state index is 6.00. The Hall–Kier alpha value is -0.880. The second-order valence-corrected chi connectivity index (χ2v) is 6.27. The van der Waals surface area contributed by atoms with E-state index in [1.165, 1.54) is 0 Å². The first kappa shape index (κ1) is 16.5. The number of morpholine rings is 1. The van der Waals surface area contributed by atoms with E-state index in [0.29, 0.717) is 34.0 Å². The van der Waals surface area contributed by atoms with Crippen LogP contribution in [0, 0.1) is 0 Å². The molecule has 1 aliphatic rings. The number of ether oxygens (including phenoxy) is 2. The van der Waals surface area contributed by atoms with Crippen LogP contribution in [0.4, 0.5) is 0 Å². The number of thiocarbonyl (C=S) groups is 1. The van der Waals surface area contributed by atoms with E-state index in [2.05, 4.69) is 18.7 Å². The van der Waals surface area contributed by atoms with Gasteiger partial charge in [0.25, 0.3) is 0 Å². The van der Waals surface area contributed by atoms with Gasteiger partial charge in [0.15, 0.2) is 0 Å². The summed E-state index contributed by atoms with van der Waals surface area (Å²) in [5.41, 5.74) is 6.40. The lowest BCUT2D eigenvalue weighted by Gasteiger charge is -2.35. The Morgan fingerprint density at radius 3 is 3.00 bits per heavy atom. The van der Waals surface area contributed by atoms with Crippen molar-refractivity contribution in [3.8, 4) is 5.75 Å². The molecule has 1 fully saturated rings. The van der Waals surface area contributed by atoms with Crippen LogP contribution in [0.5, 0.6) is 5.75 Å². The third-order valence-corrected chi connectivity index (χ3v) is 3.99. The molecule has 0 bridgehead atoms. The van der Waals surface area contributed by atoms with Crippen LogP contribution in [0.3, 0.4) is 0 Å². The van der Waals surface area contributed by atoms with E-state index >= 15 is 0 Å². The zero-order valence-corrected chi connectivity index (χ0v) is 13.9. The fourth-order valence-electron chi connectivity index (χ4n) is 2.31. The van der Waals surface area contributed by atoms with E-state index in [1.54, 1.807) is 18.2 Å². The molecule has 2 N–H and O–H groups in total. The smallest absolute Gasteiger partial charge is 0.131 e. The molecular formula is C15H21ClN2O2S. The van der Waals surface area contributed by atoms with Gasteiger partial charge in [-0.1, -0.05) is 23.8 Å². The summed E-state index contributed by atoms with van der Waals surface area (Å²) in [5.74, 6) is 0.611. The Labute approximate surface area is 136 Å². The molecule has 0 saturated carbocycles. The maximum Gasteiger partial charge on any atom is 0.131 e. The van der Waals surface area contributed by atoms with Gasteiger partial charge in [-0.15, -0.1) is 0 Å². The van der Waals surface area contributed by atoms with Crippen molar-refractivity contribution in [2.45, 2.75) is 26.0 Å². The lowest BCUT2D eigenvalue weighted by molar-refractivity contribution is -0.0564. The number of halogens is 1. The van der Waals surface area contributed by atoms with E-state index in [0.717, 1.165) is 19.7 Å². The van der Waals surface area contributed by atoms with Crippen molar-refractivity contribution in [2.24, 2.45) is 5.73 Å². The van der Waals surface area contributed by atoms with Crippen LogP contribution in [0.2, 0.25) is 5.02 Å². The van der Waals surface area contributed by atoms with E-state index in [4.69, 9.17) is 39.0 Å². The van der Waals surface area contributed by atoms with Crippen LogP contribution in [-0.4, -0.2) is 48.3 Å². The molecular weight excluding hydrogens is 308 g/mol. The fourth-order valence-corrected chi connectivity index (χ4v) is 2.64.